The zero-order valence-electron chi connectivity index (χ0n) is 10.8. The van der Waals surface area contributed by atoms with E-state index >= 15 is 0 Å². The Balaban J connectivity index is 1.96. The van der Waals surface area contributed by atoms with E-state index in [1.807, 2.05) is 18.3 Å². The molecule has 4 heteroatoms. The van der Waals surface area contributed by atoms with E-state index in [0.717, 1.165) is 16.6 Å². The SMILES string of the molecule is NCc1ccc2c(ccn2Cc2ccc(F)c(Br)c2)c1. The smallest absolute Gasteiger partial charge is 0.137 e. The molecule has 1 aromatic heterocycles. The number of rotatable bonds is 3. The highest BCUT2D eigenvalue weighted by Crippen LogP contribution is 2.21. The maximum Gasteiger partial charge on any atom is 0.137 e. The fourth-order valence-electron chi connectivity index (χ4n) is 2.35. The molecule has 2 nitrogen and oxygen atoms in total. The van der Waals surface area contributed by atoms with E-state index in [4.69, 9.17) is 5.73 Å². The van der Waals surface area contributed by atoms with Crippen LogP contribution >= 0.6 is 15.9 Å². The number of benzene rings is 2. The van der Waals surface area contributed by atoms with Gasteiger partial charge in [0.2, 0.25) is 0 Å². The molecule has 0 aliphatic heterocycles. The van der Waals surface area contributed by atoms with Crippen LogP contribution in [0.25, 0.3) is 10.9 Å². The molecule has 0 spiro atoms. The van der Waals surface area contributed by atoms with E-state index in [1.165, 1.54) is 11.5 Å². The second-order valence-electron chi connectivity index (χ2n) is 4.79. The van der Waals surface area contributed by atoms with Crippen molar-refractivity contribution in [2.75, 3.05) is 0 Å². The van der Waals surface area contributed by atoms with Gasteiger partial charge in [-0.1, -0.05) is 12.1 Å². The number of nitrogens with zero attached hydrogens (tertiary/aromatic N) is 1. The van der Waals surface area contributed by atoms with Crippen LogP contribution in [-0.4, -0.2) is 4.57 Å². The summed E-state index contributed by atoms with van der Waals surface area (Å²) in [5.41, 5.74) is 8.99. The largest absolute Gasteiger partial charge is 0.343 e. The monoisotopic (exact) mass is 332 g/mol. The minimum Gasteiger partial charge on any atom is -0.343 e. The van der Waals surface area contributed by atoms with Crippen LogP contribution < -0.4 is 5.73 Å². The van der Waals surface area contributed by atoms with Gasteiger partial charge in [0.1, 0.15) is 5.82 Å². The predicted molar refractivity (Wildman–Crippen MR) is 83.0 cm³/mol. The molecule has 0 saturated carbocycles. The molecule has 2 aromatic carbocycles. The molecule has 0 atom stereocenters. The molecule has 3 rings (SSSR count). The number of halogens is 2. The van der Waals surface area contributed by atoms with Crippen molar-refractivity contribution in [1.82, 2.24) is 4.57 Å². The first kappa shape index (κ1) is 13.3. The van der Waals surface area contributed by atoms with Crippen molar-refractivity contribution in [3.8, 4) is 0 Å². The second-order valence-corrected chi connectivity index (χ2v) is 5.64. The third-order valence-electron chi connectivity index (χ3n) is 3.41. The van der Waals surface area contributed by atoms with Gasteiger partial charge in [0, 0.05) is 24.8 Å². The van der Waals surface area contributed by atoms with Gasteiger partial charge in [-0.05, 0) is 62.8 Å². The Morgan fingerprint density at radius 1 is 1.05 bits per heavy atom. The van der Waals surface area contributed by atoms with Crippen molar-refractivity contribution in [2.45, 2.75) is 13.1 Å². The fourth-order valence-corrected chi connectivity index (χ4v) is 2.78. The molecule has 0 amide bonds. The van der Waals surface area contributed by atoms with Crippen molar-refractivity contribution in [2.24, 2.45) is 5.73 Å². The highest BCUT2D eigenvalue weighted by atomic mass is 79.9. The van der Waals surface area contributed by atoms with Gasteiger partial charge < -0.3 is 10.3 Å². The van der Waals surface area contributed by atoms with E-state index in [9.17, 15) is 4.39 Å². The number of aromatic nitrogens is 1. The van der Waals surface area contributed by atoms with Crippen molar-refractivity contribution < 1.29 is 4.39 Å². The van der Waals surface area contributed by atoms with Crippen LogP contribution in [0.15, 0.2) is 53.1 Å². The Morgan fingerprint density at radius 3 is 2.60 bits per heavy atom. The van der Waals surface area contributed by atoms with Crippen molar-refractivity contribution >= 4 is 26.8 Å². The number of hydrogen-bond acceptors (Lipinski definition) is 1. The summed E-state index contributed by atoms with van der Waals surface area (Å²) in [4.78, 5) is 0. The first-order chi connectivity index (χ1) is 9.67. The third kappa shape index (κ3) is 2.49. The molecular formula is C16H14BrFN2. The summed E-state index contributed by atoms with van der Waals surface area (Å²) in [6, 6.07) is 13.4. The average Bonchev–Trinajstić information content (AvgIpc) is 2.85. The lowest BCUT2D eigenvalue weighted by molar-refractivity contribution is 0.619. The molecule has 1 heterocycles. The Morgan fingerprint density at radius 2 is 1.85 bits per heavy atom. The number of fused-ring (bicyclic) bond motifs is 1. The highest BCUT2D eigenvalue weighted by Gasteiger charge is 2.05. The minimum atomic E-state index is -0.237. The Bertz CT molecular complexity index is 764. The van der Waals surface area contributed by atoms with Gasteiger partial charge in [-0.3, -0.25) is 0 Å². The summed E-state index contributed by atoms with van der Waals surface area (Å²) in [5, 5.41) is 1.18. The van der Waals surface area contributed by atoms with Gasteiger partial charge in [-0.25, -0.2) is 4.39 Å². The molecule has 0 bridgehead atoms. The summed E-state index contributed by atoms with van der Waals surface area (Å²) < 4.78 is 15.9. The zero-order valence-corrected chi connectivity index (χ0v) is 12.4. The van der Waals surface area contributed by atoms with Crippen molar-refractivity contribution in [1.29, 1.82) is 0 Å². The molecular weight excluding hydrogens is 319 g/mol. The summed E-state index contributed by atoms with van der Waals surface area (Å²) in [5.74, 6) is -0.237. The molecule has 0 unspecified atom stereocenters. The van der Waals surface area contributed by atoms with E-state index in [0.29, 0.717) is 17.6 Å². The van der Waals surface area contributed by atoms with Crippen LogP contribution in [-0.2, 0) is 13.1 Å². The lowest BCUT2D eigenvalue weighted by Crippen LogP contribution is -1.99. The first-order valence-corrected chi connectivity index (χ1v) is 7.18. The standard InChI is InChI=1S/C16H14BrFN2/c17-14-8-12(1-3-15(14)18)10-20-6-5-13-7-11(9-19)2-4-16(13)20/h1-8H,9-10,19H2. The molecule has 20 heavy (non-hydrogen) atoms. The quantitative estimate of drug-likeness (QED) is 0.770. The maximum atomic E-state index is 13.2. The third-order valence-corrected chi connectivity index (χ3v) is 4.02. The minimum absolute atomic E-state index is 0.237. The predicted octanol–water partition coefficient (Wildman–Crippen LogP) is 4.05. The van der Waals surface area contributed by atoms with Gasteiger partial charge in [0.05, 0.1) is 4.47 Å². The van der Waals surface area contributed by atoms with Crippen LogP contribution in [0.3, 0.4) is 0 Å². The molecule has 0 radical (unpaired) electrons. The van der Waals surface area contributed by atoms with Crippen LogP contribution in [0, 0.1) is 5.82 Å². The second kappa shape index (κ2) is 5.38. The first-order valence-electron chi connectivity index (χ1n) is 6.39. The van der Waals surface area contributed by atoms with Crippen LogP contribution in [0.1, 0.15) is 11.1 Å². The lowest BCUT2D eigenvalue weighted by atomic mass is 10.1. The van der Waals surface area contributed by atoms with Gasteiger partial charge >= 0.3 is 0 Å². The molecule has 3 aromatic rings. The summed E-state index contributed by atoms with van der Waals surface area (Å²) in [6.45, 7) is 1.26. The molecule has 0 aliphatic rings. The summed E-state index contributed by atoms with van der Waals surface area (Å²) in [7, 11) is 0. The Kier molecular flexibility index (Phi) is 3.59. The van der Waals surface area contributed by atoms with Crippen molar-refractivity contribution in [3.63, 3.8) is 0 Å². The van der Waals surface area contributed by atoms with Gasteiger partial charge in [-0.2, -0.15) is 0 Å². The Labute approximate surface area is 125 Å². The van der Waals surface area contributed by atoms with E-state index in [-0.39, 0.29) is 5.82 Å². The average molecular weight is 333 g/mol. The molecule has 2 N–H and O–H groups in total. The summed E-state index contributed by atoms with van der Waals surface area (Å²) >= 11 is 3.22. The van der Waals surface area contributed by atoms with Gasteiger partial charge in [-0.15, -0.1) is 0 Å². The lowest BCUT2D eigenvalue weighted by Gasteiger charge is -2.07. The molecule has 0 saturated heterocycles. The van der Waals surface area contributed by atoms with Gasteiger partial charge in [0.25, 0.3) is 0 Å². The molecule has 0 fully saturated rings. The van der Waals surface area contributed by atoms with Crippen LogP contribution in [0.5, 0.6) is 0 Å². The van der Waals surface area contributed by atoms with Crippen molar-refractivity contribution in [3.05, 3.63) is 70.1 Å². The normalized spacial score (nSPS) is 11.2. The number of nitrogens with two attached hydrogens (primary N) is 1. The van der Waals surface area contributed by atoms with E-state index < -0.39 is 0 Å². The zero-order chi connectivity index (χ0) is 14.1. The highest BCUT2D eigenvalue weighted by molar-refractivity contribution is 9.10. The molecule has 102 valence electrons. The fraction of sp³-hybridized carbons (Fsp3) is 0.125. The Hall–Kier alpha value is -1.65. The topological polar surface area (TPSA) is 30.9 Å². The van der Waals surface area contributed by atoms with Gasteiger partial charge in [0.15, 0.2) is 0 Å². The molecule has 0 aliphatic carbocycles. The van der Waals surface area contributed by atoms with E-state index in [2.05, 4.69) is 38.7 Å². The van der Waals surface area contributed by atoms with Crippen LogP contribution in [0.2, 0.25) is 0 Å². The number of hydrogen-bond donors (Lipinski definition) is 1. The maximum absolute atomic E-state index is 13.2. The summed E-state index contributed by atoms with van der Waals surface area (Å²) in [6.07, 6.45) is 2.04. The van der Waals surface area contributed by atoms with E-state index in [1.54, 1.807) is 6.07 Å². The van der Waals surface area contributed by atoms with Crippen LogP contribution in [0.4, 0.5) is 4.39 Å².